The quantitative estimate of drug-likeness (QED) is 0.631. The van der Waals surface area contributed by atoms with Crippen LogP contribution in [0.1, 0.15) is 0 Å². The van der Waals surface area contributed by atoms with Crippen molar-refractivity contribution in [3.63, 3.8) is 0 Å². The fraction of sp³-hybridized carbons (Fsp3) is 0. The molecular formula is C13H11ClN4S. The fourth-order valence-electron chi connectivity index (χ4n) is 1.76. The van der Waals surface area contributed by atoms with Gasteiger partial charge in [-0.15, -0.1) is 0 Å². The molecule has 0 bridgehead atoms. The van der Waals surface area contributed by atoms with Crippen molar-refractivity contribution >= 4 is 45.8 Å². The number of aromatic nitrogens is 2. The molecule has 0 saturated heterocycles. The fourth-order valence-corrected chi connectivity index (χ4v) is 2.87. The molecular weight excluding hydrogens is 280 g/mol. The van der Waals surface area contributed by atoms with Crippen molar-refractivity contribution in [3.05, 3.63) is 41.4 Å². The zero-order chi connectivity index (χ0) is 13.4. The van der Waals surface area contributed by atoms with E-state index in [0.29, 0.717) is 16.4 Å². The molecule has 0 aliphatic carbocycles. The Morgan fingerprint density at radius 3 is 2.58 bits per heavy atom. The van der Waals surface area contributed by atoms with Crippen LogP contribution in [-0.4, -0.2) is 9.97 Å². The van der Waals surface area contributed by atoms with Crippen molar-refractivity contribution in [1.82, 2.24) is 9.97 Å². The van der Waals surface area contributed by atoms with E-state index in [1.165, 1.54) is 11.8 Å². The van der Waals surface area contributed by atoms with Gasteiger partial charge in [0, 0.05) is 16.3 Å². The van der Waals surface area contributed by atoms with E-state index in [1.807, 2.05) is 30.3 Å². The third kappa shape index (κ3) is 2.47. The summed E-state index contributed by atoms with van der Waals surface area (Å²) in [6.45, 7) is 0. The van der Waals surface area contributed by atoms with Gasteiger partial charge in [-0.1, -0.05) is 23.4 Å². The first kappa shape index (κ1) is 12.2. The highest BCUT2D eigenvalue weighted by Crippen LogP contribution is 2.33. The number of nitrogens with one attached hydrogen (secondary N) is 1. The summed E-state index contributed by atoms with van der Waals surface area (Å²) in [5, 5.41) is 1.39. The van der Waals surface area contributed by atoms with E-state index >= 15 is 0 Å². The predicted octanol–water partition coefficient (Wildman–Crippen LogP) is 3.53. The lowest BCUT2D eigenvalue weighted by atomic mass is 10.3. The number of H-pyrrole nitrogens is 1. The number of benzene rings is 2. The molecule has 1 heterocycles. The van der Waals surface area contributed by atoms with E-state index in [-0.39, 0.29) is 0 Å². The largest absolute Gasteiger partial charge is 0.399 e. The molecule has 0 radical (unpaired) electrons. The number of rotatable bonds is 2. The Balaban J connectivity index is 1.96. The van der Waals surface area contributed by atoms with Crippen molar-refractivity contribution in [1.29, 1.82) is 0 Å². The van der Waals surface area contributed by atoms with E-state index in [4.69, 9.17) is 23.1 Å². The Morgan fingerprint density at radius 2 is 1.79 bits per heavy atom. The zero-order valence-electron chi connectivity index (χ0n) is 9.85. The molecule has 0 amide bonds. The molecule has 0 saturated carbocycles. The molecule has 0 aliphatic heterocycles. The lowest BCUT2D eigenvalue weighted by Crippen LogP contribution is -1.85. The molecule has 19 heavy (non-hydrogen) atoms. The number of aromatic amines is 1. The van der Waals surface area contributed by atoms with Crippen LogP contribution in [0.15, 0.2) is 46.5 Å². The maximum absolute atomic E-state index is 6.14. The summed E-state index contributed by atoms with van der Waals surface area (Å²) in [5.41, 5.74) is 14.5. The Labute approximate surface area is 119 Å². The summed E-state index contributed by atoms with van der Waals surface area (Å²) in [7, 11) is 0. The molecule has 5 N–H and O–H groups in total. The molecule has 0 unspecified atom stereocenters. The van der Waals surface area contributed by atoms with Crippen LogP contribution >= 0.6 is 23.4 Å². The summed E-state index contributed by atoms with van der Waals surface area (Å²) in [6, 6.07) is 11.0. The molecule has 0 spiro atoms. The summed E-state index contributed by atoms with van der Waals surface area (Å²) < 4.78 is 0. The average Bonchev–Trinajstić information content (AvgIpc) is 2.74. The number of nitrogens with two attached hydrogens (primary N) is 2. The normalized spacial score (nSPS) is 11.0. The number of hydrogen-bond acceptors (Lipinski definition) is 4. The van der Waals surface area contributed by atoms with Crippen molar-refractivity contribution in [2.24, 2.45) is 0 Å². The third-order valence-corrected chi connectivity index (χ3v) is 4.03. The molecule has 6 heteroatoms. The SMILES string of the molecule is Nc1ccc(Sc2nc3ccc(N)cc3[nH]2)c(Cl)c1. The van der Waals surface area contributed by atoms with E-state index in [9.17, 15) is 0 Å². The molecule has 96 valence electrons. The lowest BCUT2D eigenvalue weighted by Gasteiger charge is -2.02. The maximum Gasteiger partial charge on any atom is 0.171 e. The van der Waals surface area contributed by atoms with Gasteiger partial charge in [0.2, 0.25) is 0 Å². The summed E-state index contributed by atoms with van der Waals surface area (Å²) in [6.07, 6.45) is 0. The van der Waals surface area contributed by atoms with Gasteiger partial charge in [-0.05, 0) is 36.4 Å². The minimum Gasteiger partial charge on any atom is -0.399 e. The first-order chi connectivity index (χ1) is 9.11. The van der Waals surface area contributed by atoms with Gasteiger partial charge in [-0.25, -0.2) is 4.98 Å². The number of nitrogens with zero attached hydrogens (tertiary/aromatic N) is 1. The van der Waals surface area contributed by atoms with Gasteiger partial charge in [-0.3, -0.25) is 0 Å². The summed E-state index contributed by atoms with van der Waals surface area (Å²) in [5.74, 6) is 0. The number of halogens is 1. The number of nitrogen functional groups attached to an aromatic ring is 2. The number of imidazole rings is 1. The van der Waals surface area contributed by atoms with Crippen LogP contribution in [0.2, 0.25) is 5.02 Å². The average molecular weight is 291 g/mol. The molecule has 3 rings (SSSR count). The molecule has 1 aromatic heterocycles. The molecule has 0 fully saturated rings. The van der Waals surface area contributed by atoms with Gasteiger partial charge < -0.3 is 16.5 Å². The van der Waals surface area contributed by atoms with Crippen molar-refractivity contribution in [2.45, 2.75) is 10.1 Å². The van der Waals surface area contributed by atoms with E-state index in [1.54, 1.807) is 6.07 Å². The second-order valence-corrected chi connectivity index (χ2v) is 5.55. The van der Waals surface area contributed by atoms with Gasteiger partial charge in [0.05, 0.1) is 16.1 Å². The third-order valence-electron chi connectivity index (χ3n) is 2.65. The Hall–Kier alpha value is -1.85. The monoisotopic (exact) mass is 290 g/mol. The lowest BCUT2D eigenvalue weighted by molar-refractivity contribution is 1.08. The Kier molecular flexibility index (Phi) is 3.00. The molecule has 4 nitrogen and oxygen atoms in total. The number of fused-ring (bicyclic) bond motifs is 1. The van der Waals surface area contributed by atoms with Crippen LogP contribution in [0.5, 0.6) is 0 Å². The van der Waals surface area contributed by atoms with Crippen molar-refractivity contribution in [3.8, 4) is 0 Å². The highest BCUT2D eigenvalue weighted by atomic mass is 35.5. The summed E-state index contributed by atoms with van der Waals surface area (Å²) in [4.78, 5) is 8.59. The van der Waals surface area contributed by atoms with Crippen LogP contribution < -0.4 is 11.5 Å². The van der Waals surface area contributed by atoms with Gasteiger partial charge in [-0.2, -0.15) is 0 Å². The predicted molar refractivity (Wildman–Crippen MR) is 80.5 cm³/mol. The minimum absolute atomic E-state index is 0.616. The van der Waals surface area contributed by atoms with Gasteiger partial charge in [0.1, 0.15) is 0 Å². The topological polar surface area (TPSA) is 80.7 Å². The first-order valence-corrected chi connectivity index (χ1v) is 6.79. The van der Waals surface area contributed by atoms with Crippen molar-refractivity contribution in [2.75, 3.05) is 11.5 Å². The first-order valence-electron chi connectivity index (χ1n) is 5.60. The van der Waals surface area contributed by atoms with E-state index in [2.05, 4.69) is 9.97 Å². The molecule has 2 aromatic carbocycles. The zero-order valence-corrected chi connectivity index (χ0v) is 11.4. The van der Waals surface area contributed by atoms with Crippen LogP contribution in [0.3, 0.4) is 0 Å². The van der Waals surface area contributed by atoms with Crippen LogP contribution in [0.4, 0.5) is 11.4 Å². The Morgan fingerprint density at radius 1 is 1.05 bits per heavy atom. The van der Waals surface area contributed by atoms with Crippen LogP contribution in [-0.2, 0) is 0 Å². The van der Waals surface area contributed by atoms with E-state index < -0.39 is 0 Å². The highest BCUT2D eigenvalue weighted by molar-refractivity contribution is 7.99. The van der Waals surface area contributed by atoms with Gasteiger partial charge in [0.25, 0.3) is 0 Å². The molecule has 3 aromatic rings. The summed E-state index contributed by atoms with van der Waals surface area (Å²) >= 11 is 7.60. The maximum atomic E-state index is 6.14. The van der Waals surface area contributed by atoms with Crippen LogP contribution in [0, 0.1) is 0 Å². The van der Waals surface area contributed by atoms with Crippen molar-refractivity contribution < 1.29 is 0 Å². The minimum atomic E-state index is 0.616. The Bertz CT molecular complexity index is 753. The molecule has 0 aliphatic rings. The molecule has 0 atom stereocenters. The standard InChI is InChI=1S/C13H11ClN4S/c14-9-5-7(15)2-4-12(9)19-13-17-10-3-1-8(16)6-11(10)18-13/h1-6H,15-16H2,(H,17,18). The van der Waals surface area contributed by atoms with E-state index in [0.717, 1.165) is 21.1 Å². The smallest absolute Gasteiger partial charge is 0.171 e. The second kappa shape index (κ2) is 4.68. The number of hydrogen-bond donors (Lipinski definition) is 3. The van der Waals surface area contributed by atoms with Gasteiger partial charge >= 0.3 is 0 Å². The van der Waals surface area contributed by atoms with Gasteiger partial charge in [0.15, 0.2) is 5.16 Å². The van der Waals surface area contributed by atoms with Crippen LogP contribution in [0.25, 0.3) is 11.0 Å². The number of anilines is 2. The second-order valence-electron chi connectivity index (χ2n) is 4.11. The highest BCUT2D eigenvalue weighted by Gasteiger charge is 2.08.